The zero-order valence-electron chi connectivity index (χ0n) is 16.3. The highest BCUT2D eigenvalue weighted by molar-refractivity contribution is 9.10. The molecule has 27 heavy (non-hydrogen) atoms. The third-order valence-electron chi connectivity index (χ3n) is 5.61. The van der Waals surface area contributed by atoms with Crippen molar-refractivity contribution in [2.24, 2.45) is 10.8 Å². The number of nitrogens with zero attached hydrogens (tertiary/aromatic N) is 1. The number of hydrogen-bond acceptors (Lipinski definition) is 3. The predicted octanol–water partition coefficient (Wildman–Crippen LogP) is 5.82. The number of halogens is 1. The van der Waals surface area contributed by atoms with Gasteiger partial charge in [-0.2, -0.15) is 0 Å². The van der Waals surface area contributed by atoms with Crippen molar-refractivity contribution in [2.75, 3.05) is 0 Å². The smallest absolute Gasteiger partial charge is 0.165 e. The highest BCUT2D eigenvalue weighted by atomic mass is 79.9. The summed E-state index contributed by atoms with van der Waals surface area (Å²) in [7, 11) is 0. The average molecular weight is 426 g/mol. The highest BCUT2D eigenvalue weighted by Gasteiger charge is 2.40. The number of fused-ring (bicyclic) bond motifs is 2. The minimum atomic E-state index is -0.101. The molecule has 0 unspecified atom stereocenters. The number of pyridine rings is 1. The van der Waals surface area contributed by atoms with Crippen molar-refractivity contribution >= 4 is 27.5 Å². The van der Waals surface area contributed by atoms with Gasteiger partial charge in [-0.15, -0.1) is 0 Å². The molecule has 4 rings (SSSR count). The van der Waals surface area contributed by atoms with Crippen LogP contribution in [0, 0.1) is 10.8 Å². The lowest BCUT2D eigenvalue weighted by Gasteiger charge is -2.35. The second-order valence-corrected chi connectivity index (χ2v) is 10.4. The summed E-state index contributed by atoms with van der Waals surface area (Å²) in [6.45, 7) is 8.46. The molecule has 0 bridgehead atoms. The molecule has 2 aliphatic rings. The molecule has 1 aromatic carbocycles. The lowest BCUT2D eigenvalue weighted by molar-refractivity contribution is 0.0907. The summed E-state index contributed by atoms with van der Waals surface area (Å²) in [5.41, 5.74) is 4.59. The van der Waals surface area contributed by atoms with Gasteiger partial charge < -0.3 is 0 Å². The van der Waals surface area contributed by atoms with E-state index in [9.17, 15) is 9.59 Å². The van der Waals surface area contributed by atoms with Crippen LogP contribution in [0.1, 0.15) is 72.6 Å². The fourth-order valence-electron chi connectivity index (χ4n) is 4.53. The van der Waals surface area contributed by atoms with E-state index in [0.717, 1.165) is 39.8 Å². The number of ketones is 2. The average Bonchev–Trinajstić information content (AvgIpc) is 2.51. The molecule has 4 heteroatoms. The van der Waals surface area contributed by atoms with Crippen LogP contribution in [-0.4, -0.2) is 16.6 Å². The quantitative estimate of drug-likeness (QED) is 0.577. The summed E-state index contributed by atoms with van der Waals surface area (Å²) in [6.07, 6.45) is 2.51. The van der Waals surface area contributed by atoms with Crippen molar-refractivity contribution in [3.63, 3.8) is 0 Å². The van der Waals surface area contributed by atoms with E-state index in [1.54, 1.807) is 0 Å². The summed E-state index contributed by atoms with van der Waals surface area (Å²) in [4.78, 5) is 31.1. The SMILES string of the molecule is CC1(C)CC(=O)c2c(nc3c(c2-c2ccc(Br)cc2)C(=O)CC(C)(C)C3)C1. The summed E-state index contributed by atoms with van der Waals surface area (Å²) >= 11 is 3.48. The van der Waals surface area contributed by atoms with Gasteiger partial charge in [-0.3, -0.25) is 14.6 Å². The van der Waals surface area contributed by atoms with Gasteiger partial charge >= 0.3 is 0 Å². The van der Waals surface area contributed by atoms with E-state index >= 15 is 0 Å². The third-order valence-corrected chi connectivity index (χ3v) is 6.14. The Hall–Kier alpha value is -1.81. The Kier molecular flexibility index (Phi) is 4.19. The van der Waals surface area contributed by atoms with Crippen LogP contribution in [0.5, 0.6) is 0 Å². The van der Waals surface area contributed by atoms with Gasteiger partial charge in [0.2, 0.25) is 0 Å². The first kappa shape index (κ1) is 18.5. The Morgan fingerprint density at radius 3 is 1.63 bits per heavy atom. The minimum Gasteiger partial charge on any atom is -0.294 e. The van der Waals surface area contributed by atoms with Crippen molar-refractivity contribution in [3.05, 3.63) is 51.3 Å². The van der Waals surface area contributed by atoms with Crippen molar-refractivity contribution in [3.8, 4) is 11.1 Å². The molecule has 2 aliphatic carbocycles. The molecular formula is C23H24BrNO2. The van der Waals surface area contributed by atoms with Crippen LogP contribution in [-0.2, 0) is 12.8 Å². The molecule has 0 saturated carbocycles. The molecule has 0 N–H and O–H groups in total. The molecule has 0 saturated heterocycles. The molecule has 0 radical (unpaired) electrons. The topological polar surface area (TPSA) is 47.0 Å². The molecule has 140 valence electrons. The van der Waals surface area contributed by atoms with Gasteiger partial charge in [0, 0.05) is 34.0 Å². The second-order valence-electron chi connectivity index (χ2n) is 9.52. The van der Waals surface area contributed by atoms with Gasteiger partial charge in [0.1, 0.15) is 0 Å². The first-order valence-corrected chi connectivity index (χ1v) is 10.2. The van der Waals surface area contributed by atoms with Crippen LogP contribution >= 0.6 is 15.9 Å². The van der Waals surface area contributed by atoms with E-state index in [4.69, 9.17) is 4.98 Å². The van der Waals surface area contributed by atoms with E-state index in [1.165, 1.54) is 0 Å². The Morgan fingerprint density at radius 2 is 1.19 bits per heavy atom. The summed E-state index contributed by atoms with van der Waals surface area (Å²) < 4.78 is 0.975. The minimum absolute atomic E-state index is 0.101. The lowest BCUT2D eigenvalue weighted by atomic mass is 9.69. The number of hydrogen-bond donors (Lipinski definition) is 0. The zero-order valence-corrected chi connectivity index (χ0v) is 17.9. The predicted molar refractivity (Wildman–Crippen MR) is 110 cm³/mol. The van der Waals surface area contributed by atoms with Crippen LogP contribution in [0.3, 0.4) is 0 Å². The van der Waals surface area contributed by atoms with E-state index < -0.39 is 0 Å². The van der Waals surface area contributed by atoms with E-state index in [-0.39, 0.29) is 22.4 Å². The molecule has 1 aromatic heterocycles. The van der Waals surface area contributed by atoms with Crippen LogP contribution in [0.25, 0.3) is 11.1 Å². The number of benzene rings is 1. The Morgan fingerprint density at radius 1 is 0.741 bits per heavy atom. The first-order chi connectivity index (χ1) is 12.6. The number of carbonyl (C=O) groups is 2. The third kappa shape index (κ3) is 3.29. The van der Waals surface area contributed by atoms with Crippen molar-refractivity contribution in [2.45, 2.75) is 53.4 Å². The lowest BCUT2D eigenvalue weighted by Crippen LogP contribution is -2.33. The molecular weight excluding hydrogens is 402 g/mol. The van der Waals surface area contributed by atoms with Crippen LogP contribution < -0.4 is 0 Å². The van der Waals surface area contributed by atoms with Gasteiger partial charge in [-0.05, 0) is 41.4 Å². The van der Waals surface area contributed by atoms with Crippen LogP contribution in [0.4, 0.5) is 0 Å². The van der Waals surface area contributed by atoms with Gasteiger partial charge in [0.15, 0.2) is 11.6 Å². The van der Waals surface area contributed by atoms with Crippen molar-refractivity contribution in [1.29, 1.82) is 0 Å². The van der Waals surface area contributed by atoms with E-state index in [1.807, 2.05) is 24.3 Å². The standard InChI is InChI=1S/C23H24BrNO2/c1-22(2)9-15-20(17(26)11-22)19(13-5-7-14(24)8-6-13)21-16(25-15)10-23(3,4)12-18(21)27/h5-8H,9-12H2,1-4H3. The Labute approximate surface area is 168 Å². The number of Topliss-reactive ketones (excluding diaryl/α,β-unsaturated/α-hetero) is 2. The van der Waals surface area contributed by atoms with Crippen LogP contribution in [0.2, 0.25) is 0 Å². The highest BCUT2D eigenvalue weighted by Crippen LogP contribution is 2.44. The Balaban J connectivity index is 2.05. The monoisotopic (exact) mass is 425 g/mol. The maximum Gasteiger partial charge on any atom is 0.165 e. The molecule has 3 nitrogen and oxygen atoms in total. The molecule has 2 aromatic rings. The molecule has 1 heterocycles. The Bertz CT molecular complexity index is 917. The largest absolute Gasteiger partial charge is 0.294 e. The number of aromatic nitrogens is 1. The normalized spacial score (nSPS) is 20.2. The van der Waals surface area contributed by atoms with E-state index in [2.05, 4.69) is 43.6 Å². The number of rotatable bonds is 1. The molecule has 0 spiro atoms. The fourth-order valence-corrected chi connectivity index (χ4v) is 4.79. The van der Waals surface area contributed by atoms with Gasteiger partial charge in [-0.25, -0.2) is 0 Å². The van der Waals surface area contributed by atoms with E-state index in [0.29, 0.717) is 24.0 Å². The summed E-state index contributed by atoms with van der Waals surface area (Å²) in [5.74, 6) is 0.208. The molecule has 0 aliphatic heterocycles. The van der Waals surface area contributed by atoms with Crippen molar-refractivity contribution in [1.82, 2.24) is 4.98 Å². The van der Waals surface area contributed by atoms with Gasteiger partial charge in [-0.1, -0.05) is 55.8 Å². The fraction of sp³-hybridized carbons (Fsp3) is 0.435. The molecule has 0 amide bonds. The molecule has 0 atom stereocenters. The zero-order chi connectivity index (χ0) is 19.6. The number of carbonyl (C=O) groups excluding carboxylic acids is 2. The molecule has 0 fully saturated rings. The van der Waals surface area contributed by atoms with Crippen molar-refractivity contribution < 1.29 is 9.59 Å². The summed E-state index contributed by atoms with van der Waals surface area (Å²) in [6, 6.07) is 7.89. The maximum absolute atomic E-state index is 13.1. The van der Waals surface area contributed by atoms with Crippen LogP contribution in [0.15, 0.2) is 28.7 Å². The van der Waals surface area contributed by atoms with Gasteiger partial charge in [0.05, 0.1) is 11.4 Å². The second kappa shape index (κ2) is 6.10. The summed E-state index contributed by atoms with van der Waals surface area (Å²) in [5, 5.41) is 0. The maximum atomic E-state index is 13.1. The first-order valence-electron chi connectivity index (χ1n) is 9.44. The van der Waals surface area contributed by atoms with Gasteiger partial charge in [0.25, 0.3) is 0 Å².